The summed E-state index contributed by atoms with van der Waals surface area (Å²) in [5.74, 6) is 0.126. The van der Waals surface area contributed by atoms with E-state index in [-0.39, 0.29) is 21.9 Å². The van der Waals surface area contributed by atoms with E-state index in [0.29, 0.717) is 34.2 Å². The van der Waals surface area contributed by atoms with Gasteiger partial charge in [-0.25, -0.2) is 21.8 Å². The minimum absolute atomic E-state index is 0.0874. The van der Waals surface area contributed by atoms with Crippen molar-refractivity contribution in [1.82, 2.24) is 9.29 Å². The Morgan fingerprint density at radius 1 is 0.972 bits per heavy atom. The molecule has 2 aromatic carbocycles. The number of hydrogen-bond acceptors (Lipinski definition) is 8. The van der Waals surface area contributed by atoms with Crippen LogP contribution in [0.25, 0.3) is 10.2 Å². The molecule has 0 fully saturated rings. The van der Waals surface area contributed by atoms with Gasteiger partial charge in [0.05, 0.1) is 32.8 Å². The first-order chi connectivity index (χ1) is 17.0. The lowest BCUT2D eigenvalue weighted by Gasteiger charge is -2.20. The van der Waals surface area contributed by atoms with Gasteiger partial charge in [-0.2, -0.15) is 4.31 Å². The van der Waals surface area contributed by atoms with Crippen molar-refractivity contribution in [2.75, 3.05) is 24.2 Å². The van der Waals surface area contributed by atoms with E-state index in [9.17, 15) is 21.6 Å². The third-order valence-electron chi connectivity index (χ3n) is 5.59. The van der Waals surface area contributed by atoms with E-state index < -0.39 is 25.8 Å². The second kappa shape index (κ2) is 10.1. The summed E-state index contributed by atoms with van der Waals surface area (Å²) in [5.41, 5.74) is 0.830. The van der Waals surface area contributed by atoms with E-state index in [1.54, 1.807) is 32.0 Å². The van der Waals surface area contributed by atoms with Crippen molar-refractivity contribution in [3.63, 3.8) is 0 Å². The minimum atomic E-state index is -3.66. The van der Waals surface area contributed by atoms with Crippen molar-refractivity contribution >= 4 is 52.5 Å². The van der Waals surface area contributed by atoms with Crippen LogP contribution in [0.15, 0.2) is 75.1 Å². The Kier molecular flexibility index (Phi) is 7.32. The lowest BCUT2D eigenvalue weighted by molar-refractivity contribution is 0.0983. The average Bonchev–Trinajstić information content (AvgIpc) is 3.51. The van der Waals surface area contributed by atoms with E-state index >= 15 is 0 Å². The van der Waals surface area contributed by atoms with E-state index in [0.717, 1.165) is 6.26 Å². The van der Waals surface area contributed by atoms with Gasteiger partial charge in [-0.15, -0.1) is 0 Å². The Bertz CT molecular complexity index is 1590. The molecule has 0 aliphatic rings. The predicted molar refractivity (Wildman–Crippen MR) is 139 cm³/mol. The maximum Gasteiger partial charge on any atom is 0.260 e. The van der Waals surface area contributed by atoms with Gasteiger partial charge >= 0.3 is 0 Å². The van der Waals surface area contributed by atoms with Crippen molar-refractivity contribution in [1.29, 1.82) is 0 Å². The fraction of sp³-hybridized carbons (Fsp3) is 0.250. The fourth-order valence-corrected chi connectivity index (χ4v) is 6.84. The van der Waals surface area contributed by atoms with Crippen LogP contribution in [0.1, 0.15) is 30.0 Å². The van der Waals surface area contributed by atoms with Crippen molar-refractivity contribution in [3.05, 3.63) is 72.2 Å². The quantitative estimate of drug-likeness (QED) is 0.309. The van der Waals surface area contributed by atoms with Gasteiger partial charge in [0.25, 0.3) is 5.91 Å². The Morgan fingerprint density at radius 3 is 2.22 bits per heavy atom. The molecule has 2 heterocycles. The Labute approximate surface area is 214 Å². The van der Waals surface area contributed by atoms with E-state index in [1.165, 1.54) is 63.2 Å². The number of rotatable bonds is 9. The van der Waals surface area contributed by atoms with Crippen molar-refractivity contribution in [3.8, 4) is 0 Å². The molecule has 9 nitrogen and oxygen atoms in total. The second-order valence-corrected chi connectivity index (χ2v) is 12.9. The zero-order valence-corrected chi connectivity index (χ0v) is 22.4. The number of hydrogen-bond donors (Lipinski definition) is 0. The fourth-order valence-electron chi connectivity index (χ4n) is 3.66. The van der Waals surface area contributed by atoms with Gasteiger partial charge in [0.15, 0.2) is 15.0 Å². The SMILES string of the molecule is CCN(CC)S(=O)(=O)c1ccc(C(=O)N(Cc2ccco2)c2nc3ccc(S(C)(=O)=O)cc3s2)cc1. The van der Waals surface area contributed by atoms with E-state index in [2.05, 4.69) is 4.98 Å². The topological polar surface area (TPSA) is 118 Å². The number of amides is 1. The number of aromatic nitrogens is 1. The molecule has 0 aliphatic heterocycles. The number of furan rings is 1. The summed E-state index contributed by atoms with van der Waals surface area (Å²) in [6.45, 7) is 4.30. The van der Waals surface area contributed by atoms with Crippen molar-refractivity contribution in [2.24, 2.45) is 0 Å². The van der Waals surface area contributed by atoms with Crippen LogP contribution in [-0.2, 0) is 26.4 Å². The molecule has 190 valence electrons. The number of fused-ring (bicyclic) bond motifs is 1. The summed E-state index contributed by atoms with van der Waals surface area (Å²) >= 11 is 1.18. The highest BCUT2D eigenvalue weighted by Gasteiger charge is 2.25. The highest BCUT2D eigenvalue weighted by atomic mass is 32.2. The van der Waals surface area contributed by atoms with E-state index in [1.807, 2.05) is 0 Å². The van der Waals surface area contributed by atoms with Crippen LogP contribution < -0.4 is 4.90 Å². The van der Waals surface area contributed by atoms with Crippen LogP contribution in [0.3, 0.4) is 0 Å². The molecule has 0 spiro atoms. The largest absolute Gasteiger partial charge is 0.467 e. The summed E-state index contributed by atoms with van der Waals surface area (Å²) in [5, 5.41) is 0.358. The zero-order valence-electron chi connectivity index (χ0n) is 19.9. The number of sulfonamides is 1. The molecular formula is C24H25N3O6S3. The Morgan fingerprint density at radius 2 is 1.64 bits per heavy atom. The highest BCUT2D eigenvalue weighted by molar-refractivity contribution is 7.90. The Hall–Kier alpha value is -3.06. The second-order valence-electron chi connectivity index (χ2n) is 7.98. The van der Waals surface area contributed by atoms with Crippen molar-refractivity contribution in [2.45, 2.75) is 30.2 Å². The van der Waals surface area contributed by atoms with Crippen LogP contribution in [0, 0.1) is 0 Å². The van der Waals surface area contributed by atoms with Gasteiger partial charge in [-0.1, -0.05) is 25.2 Å². The number of benzene rings is 2. The summed E-state index contributed by atoms with van der Waals surface area (Å²) in [7, 11) is -7.06. The molecule has 1 amide bonds. The smallest absolute Gasteiger partial charge is 0.260 e. The van der Waals surface area contributed by atoms with Crippen LogP contribution in [0.2, 0.25) is 0 Å². The number of carbonyl (C=O) groups is 1. The summed E-state index contributed by atoms with van der Waals surface area (Å²) in [6, 6.07) is 13.9. The molecule has 0 saturated heterocycles. The third kappa shape index (κ3) is 5.21. The molecule has 2 aromatic heterocycles. The lowest BCUT2D eigenvalue weighted by Crippen LogP contribution is -2.31. The molecule has 36 heavy (non-hydrogen) atoms. The molecule has 0 N–H and O–H groups in total. The standard InChI is InChI=1S/C24H25N3O6S3/c1-4-26(5-2)36(31,32)19-10-8-17(9-11-19)23(28)27(16-18-7-6-14-33-18)24-25-21-13-12-20(35(3,29)30)15-22(21)34-24/h6-15H,4-5,16H2,1-3H3. The monoisotopic (exact) mass is 547 g/mol. The zero-order chi connectivity index (χ0) is 26.1. The molecular weight excluding hydrogens is 522 g/mol. The van der Waals surface area contributed by atoms with Gasteiger partial charge in [-0.3, -0.25) is 9.69 Å². The lowest BCUT2D eigenvalue weighted by atomic mass is 10.2. The van der Waals surface area contributed by atoms with Crippen LogP contribution >= 0.6 is 11.3 Å². The van der Waals surface area contributed by atoms with Crippen LogP contribution in [0.4, 0.5) is 5.13 Å². The first-order valence-electron chi connectivity index (χ1n) is 11.1. The first-order valence-corrected chi connectivity index (χ1v) is 15.2. The molecule has 0 atom stereocenters. The normalized spacial score (nSPS) is 12.3. The summed E-state index contributed by atoms with van der Waals surface area (Å²) in [4.78, 5) is 19.8. The van der Waals surface area contributed by atoms with Gasteiger partial charge in [0.1, 0.15) is 5.76 Å². The molecule has 4 aromatic rings. The van der Waals surface area contributed by atoms with Crippen LogP contribution in [-0.4, -0.2) is 51.4 Å². The number of anilines is 1. The maximum atomic E-state index is 13.6. The minimum Gasteiger partial charge on any atom is -0.467 e. The summed E-state index contributed by atoms with van der Waals surface area (Å²) in [6.07, 6.45) is 2.63. The van der Waals surface area contributed by atoms with Crippen molar-refractivity contribution < 1.29 is 26.0 Å². The molecule has 0 radical (unpaired) electrons. The number of carbonyl (C=O) groups excluding carboxylic acids is 1. The van der Waals surface area contributed by atoms with Gasteiger partial charge in [-0.05, 0) is 54.6 Å². The number of nitrogens with zero attached hydrogens (tertiary/aromatic N) is 3. The molecule has 12 heteroatoms. The molecule has 0 bridgehead atoms. The van der Waals surface area contributed by atoms with Crippen LogP contribution in [0.5, 0.6) is 0 Å². The maximum absolute atomic E-state index is 13.6. The third-order valence-corrected chi connectivity index (χ3v) is 9.81. The average molecular weight is 548 g/mol. The molecule has 0 unspecified atom stereocenters. The van der Waals surface area contributed by atoms with Gasteiger partial charge in [0, 0.05) is 24.9 Å². The van der Waals surface area contributed by atoms with E-state index in [4.69, 9.17) is 4.42 Å². The molecule has 0 aliphatic carbocycles. The summed E-state index contributed by atoms with van der Waals surface area (Å²) < 4.78 is 56.9. The van der Waals surface area contributed by atoms with Gasteiger partial charge in [0.2, 0.25) is 10.0 Å². The predicted octanol–water partition coefficient (Wildman–Crippen LogP) is 4.17. The van der Waals surface area contributed by atoms with Gasteiger partial charge < -0.3 is 4.42 Å². The molecule has 0 saturated carbocycles. The number of thiazole rings is 1. The number of sulfone groups is 1. The Balaban J connectivity index is 1.72. The first kappa shape index (κ1) is 26.0. The molecule has 4 rings (SSSR count). The highest BCUT2D eigenvalue weighted by Crippen LogP contribution is 2.32.